The summed E-state index contributed by atoms with van der Waals surface area (Å²) in [5, 5.41) is 0. The number of piperidine rings is 1. The summed E-state index contributed by atoms with van der Waals surface area (Å²) >= 11 is 0. The third-order valence-corrected chi connectivity index (χ3v) is 6.49. The van der Waals surface area contributed by atoms with Crippen LogP contribution < -0.4 is 0 Å². The van der Waals surface area contributed by atoms with Gasteiger partial charge in [0, 0.05) is 24.7 Å². The van der Waals surface area contributed by atoms with Crippen molar-refractivity contribution in [3.8, 4) is 11.4 Å². The van der Waals surface area contributed by atoms with Gasteiger partial charge in [0.05, 0.1) is 17.0 Å². The van der Waals surface area contributed by atoms with Gasteiger partial charge in [-0.2, -0.15) is 0 Å². The molecule has 0 radical (unpaired) electrons. The van der Waals surface area contributed by atoms with Gasteiger partial charge < -0.3 is 9.47 Å². The number of likely N-dealkylation sites (tertiary alicyclic amines) is 1. The molecule has 3 aromatic carbocycles. The number of aromatic nitrogens is 2. The van der Waals surface area contributed by atoms with Crippen LogP contribution in [0.5, 0.6) is 0 Å². The van der Waals surface area contributed by atoms with Crippen LogP contribution in [-0.4, -0.2) is 33.4 Å². The molecule has 0 saturated carbocycles. The molecule has 1 saturated heterocycles. The Bertz CT molecular complexity index is 1230. The molecule has 4 nitrogen and oxygen atoms in total. The number of hydrogen-bond donors (Lipinski definition) is 0. The summed E-state index contributed by atoms with van der Waals surface area (Å²) in [6.07, 6.45) is 1.63. The molecule has 162 valence electrons. The van der Waals surface area contributed by atoms with Gasteiger partial charge in [-0.25, -0.2) is 9.37 Å². The molecule has 1 aliphatic heterocycles. The van der Waals surface area contributed by atoms with Crippen molar-refractivity contribution in [2.45, 2.75) is 31.7 Å². The van der Waals surface area contributed by atoms with Gasteiger partial charge in [-0.3, -0.25) is 4.79 Å². The van der Waals surface area contributed by atoms with E-state index in [9.17, 15) is 9.18 Å². The minimum atomic E-state index is -0.262. The number of imidazole rings is 1. The van der Waals surface area contributed by atoms with E-state index in [-0.39, 0.29) is 23.7 Å². The van der Waals surface area contributed by atoms with Crippen molar-refractivity contribution in [3.05, 3.63) is 90.2 Å². The Morgan fingerprint density at radius 1 is 0.969 bits per heavy atom. The predicted molar refractivity (Wildman–Crippen MR) is 125 cm³/mol. The summed E-state index contributed by atoms with van der Waals surface area (Å²) in [6.45, 7) is 3.34. The van der Waals surface area contributed by atoms with Gasteiger partial charge in [-0.15, -0.1) is 0 Å². The summed E-state index contributed by atoms with van der Waals surface area (Å²) in [5.41, 5.74) is 3.66. The maximum Gasteiger partial charge on any atom is 0.229 e. The van der Waals surface area contributed by atoms with Gasteiger partial charge in [0.2, 0.25) is 5.91 Å². The van der Waals surface area contributed by atoms with Crippen molar-refractivity contribution in [3.63, 3.8) is 0 Å². The Morgan fingerprint density at radius 2 is 1.62 bits per heavy atom. The molecule has 32 heavy (non-hydrogen) atoms. The maximum absolute atomic E-state index is 14.1. The van der Waals surface area contributed by atoms with E-state index in [1.54, 1.807) is 12.1 Å². The number of halogens is 1. The number of hydrogen-bond acceptors (Lipinski definition) is 2. The van der Waals surface area contributed by atoms with Crippen molar-refractivity contribution in [2.75, 3.05) is 13.1 Å². The monoisotopic (exact) mass is 427 g/mol. The van der Waals surface area contributed by atoms with Crippen LogP contribution in [0.4, 0.5) is 4.39 Å². The van der Waals surface area contributed by atoms with Gasteiger partial charge in [-0.1, -0.05) is 60.7 Å². The SMILES string of the molecule is CC(C(=O)N1CCC(n2c(-c3ccccc3)nc3ccc(F)cc32)CC1)c1ccccc1. The fraction of sp³-hybridized carbons (Fsp3) is 0.259. The Hall–Kier alpha value is -3.47. The molecule has 0 bridgehead atoms. The second-order valence-electron chi connectivity index (χ2n) is 8.49. The number of carbonyl (C=O) groups is 1. The van der Waals surface area contributed by atoms with E-state index in [0.717, 1.165) is 40.8 Å². The third-order valence-electron chi connectivity index (χ3n) is 6.49. The van der Waals surface area contributed by atoms with Gasteiger partial charge in [-0.05, 0) is 43.5 Å². The van der Waals surface area contributed by atoms with Gasteiger partial charge in [0.15, 0.2) is 0 Å². The van der Waals surface area contributed by atoms with Crippen LogP contribution >= 0.6 is 0 Å². The second-order valence-corrected chi connectivity index (χ2v) is 8.49. The molecule has 1 aromatic heterocycles. The van der Waals surface area contributed by atoms with E-state index in [4.69, 9.17) is 4.98 Å². The van der Waals surface area contributed by atoms with Crippen LogP contribution in [0.2, 0.25) is 0 Å². The lowest BCUT2D eigenvalue weighted by Gasteiger charge is -2.35. The van der Waals surface area contributed by atoms with Crippen LogP contribution in [0.15, 0.2) is 78.9 Å². The normalized spacial score (nSPS) is 15.8. The average molecular weight is 428 g/mol. The van der Waals surface area contributed by atoms with Crippen molar-refractivity contribution in [2.24, 2.45) is 0 Å². The molecule has 4 aromatic rings. The molecule has 1 unspecified atom stereocenters. The molecule has 0 N–H and O–H groups in total. The van der Waals surface area contributed by atoms with Crippen LogP contribution in [0.25, 0.3) is 22.4 Å². The van der Waals surface area contributed by atoms with Crippen molar-refractivity contribution in [1.82, 2.24) is 14.5 Å². The molecule has 1 amide bonds. The van der Waals surface area contributed by atoms with E-state index in [1.165, 1.54) is 6.07 Å². The fourth-order valence-corrected chi connectivity index (χ4v) is 4.73. The first kappa shape index (κ1) is 20.4. The standard InChI is InChI=1S/C27H26FN3O/c1-19(20-8-4-2-5-9-20)27(32)30-16-14-23(15-17-30)31-25-18-22(28)12-13-24(25)29-26(31)21-10-6-3-7-11-21/h2-13,18-19,23H,14-17H2,1H3. The Morgan fingerprint density at radius 3 is 2.31 bits per heavy atom. The highest BCUT2D eigenvalue weighted by Gasteiger charge is 2.29. The molecule has 2 heterocycles. The third kappa shape index (κ3) is 3.79. The zero-order valence-electron chi connectivity index (χ0n) is 18.1. The van der Waals surface area contributed by atoms with Crippen LogP contribution in [0, 0.1) is 5.82 Å². The van der Waals surface area contributed by atoms with Crippen molar-refractivity contribution >= 4 is 16.9 Å². The van der Waals surface area contributed by atoms with Crippen LogP contribution in [0.3, 0.4) is 0 Å². The lowest BCUT2D eigenvalue weighted by atomic mass is 9.97. The topological polar surface area (TPSA) is 38.1 Å². The van der Waals surface area contributed by atoms with Crippen molar-refractivity contribution in [1.29, 1.82) is 0 Å². The zero-order valence-corrected chi connectivity index (χ0v) is 18.1. The largest absolute Gasteiger partial charge is 0.342 e. The summed E-state index contributed by atoms with van der Waals surface area (Å²) in [5.74, 6) is 0.603. The maximum atomic E-state index is 14.1. The molecule has 1 aliphatic rings. The van der Waals surface area contributed by atoms with E-state index in [0.29, 0.717) is 13.1 Å². The Labute approximate surface area is 187 Å². The van der Waals surface area contributed by atoms with E-state index >= 15 is 0 Å². The number of carbonyl (C=O) groups excluding carboxylic acids is 1. The number of benzene rings is 3. The molecule has 5 heteroatoms. The first-order chi connectivity index (χ1) is 15.6. The van der Waals surface area contributed by atoms with Crippen molar-refractivity contribution < 1.29 is 9.18 Å². The van der Waals surface area contributed by atoms with Crippen LogP contribution in [0.1, 0.15) is 37.3 Å². The van der Waals surface area contributed by atoms with Gasteiger partial charge in [0.1, 0.15) is 11.6 Å². The van der Waals surface area contributed by atoms with Gasteiger partial charge >= 0.3 is 0 Å². The summed E-state index contributed by atoms with van der Waals surface area (Å²) in [6, 6.07) is 24.9. The van der Waals surface area contributed by atoms with Gasteiger partial charge in [0.25, 0.3) is 0 Å². The second kappa shape index (κ2) is 8.58. The molecule has 1 atom stereocenters. The Balaban J connectivity index is 1.41. The summed E-state index contributed by atoms with van der Waals surface area (Å²) < 4.78 is 16.3. The lowest BCUT2D eigenvalue weighted by Crippen LogP contribution is -2.41. The lowest BCUT2D eigenvalue weighted by molar-refractivity contribution is -0.133. The summed E-state index contributed by atoms with van der Waals surface area (Å²) in [7, 11) is 0. The smallest absolute Gasteiger partial charge is 0.229 e. The average Bonchev–Trinajstić information content (AvgIpc) is 3.23. The molecule has 5 rings (SSSR count). The first-order valence-electron chi connectivity index (χ1n) is 11.2. The van der Waals surface area contributed by atoms with E-state index in [1.807, 2.05) is 72.5 Å². The zero-order chi connectivity index (χ0) is 22.1. The minimum Gasteiger partial charge on any atom is -0.342 e. The number of fused-ring (bicyclic) bond motifs is 1. The van der Waals surface area contributed by atoms with E-state index < -0.39 is 0 Å². The highest BCUT2D eigenvalue weighted by Crippen LogP contribution is 2.34. The molecule has 0 aliphatic carbocycles. The highest BCUT2D eigenvalue weighted by atomic mass is 19.1. The predicted octanol–water partition coefficient (Wildman–Crippen LogP) is 5.81. The Kier molecular flexibility index (Phi) is 5.48. The number of amides is 1. The highest BCUT2D eigenvalue weighted by molar-refractivity contribution is 5.83. The van der Waals surface area contributed by atoms with Crippen LogP contribution in [-0.2, 0) is 4.79 Å². The minimum absolute atomic E-state index is 0.157. The molecule has 1 fully saturated rings. The number of nitrogens with zero attached hydrogens (tertiary/aromatic N) is 3. The fourth-order valence-electron chi connectivity index (χ4n) is 4.73. The number of rotatable bonds is 4. The molecular formula is C27H26FN3O. The first-order valence-corrected chi connectivity index (χ1v) is 11.2. The summed E-state index contributed by atoms with van der Waals surface area (Å²) in [4.78, 5) is 19.9. The molecule has 0 spiro atoms. The van der Waals surface area contributed by atoms with E-state index in [2.05, 4.69) is 4.57 Å². The quantitative estimate of drug-likeness (QED) is 0.412. The molecular weight excluding hydrogens is 401 g/mol.